The van der Waals surface area contributed by atoms with Crippen molar-refractivity contribution in [3.05, 3.63) is 69.8 Å². The van der Waals surface area contributed by atoms with Crippen LogP contribution in [-0.2, 0) is 42.0 Å². The summed E-state index contributed by atoms with van der Waals surface area (Å²) in [7, 11) is -3.38. The van der Waals surface area contributed by atoms with E-state index in [-0.39, 0.29) is 66.5 Å². The summed E-state index contributed by atoms with van der Waals surface area (Å²) in [4.78, 5) is 129. The van der Waals surface area contributed by atoms with Gasteiger partial charge in [0.1, 0.15) is 23.8 Å². The summed E-state index contributed by atoms with van der Waals surface area (Å²) in [6, 6.07) is 7.90. The average molecular weight is 873 g/mol. The number of amides is 6. The van der Waals surface area contributed by atoms with Crippen molar-refractivity contribution < 1.29 is 47.9 Å². The summed E-state index contributed by atoms with van der Waals surface area (Å²) < 4.78 is 14.5. The number of nitrogens with one attached hydrogen (secondary N) is 3. The Kier molecular flexibility index (Phi) is 11.6. The standard InChI is InChI=1S/C42H49N8O11P/c1-47-34-17-24(6-10-31(34)50(42(47)58)33-12-13-35(51)46-39(33)55)16-22-2-4-23(5-3-22)18-36(52)48-15-14-27-8-11-32(37(43)53)49(27)40(56)30(21-48)45-38(54)29-20-26-19-25(7-9-28(26)44-29)41(57)62(59,60)61/h6-7,9-10,17,19-20,22-23,27,30,32-33,44H,2-5,8,11-16,18,21H2,1H3,(H2,43,53)(H,45,54)(H,46,51,55)(H2,59,60,61)/t22?,23?,27-,30+,32+,33?/m1/s1. The number of H-pyrrole nitrogens is 1. The maximum absolute atomic E-state index is 14.2. The smallest absolute Gasteiger partial charge is 0.368 e. The molecule has 0 radical (unpaired) electrons. The molecule has 1 aliphatic carbocycles. The molecule has 4 fully saturated rings. The summed E-state index contributed by atoms with van der Waals surface area (Å²) in [5, 5.41) is 5.42. The Morgan fingerprint density at radius 2 is 1.63 bits per heavy atom. The Balaban J connectivity index is 0.924. The molecule has 7 N–H and O–H groups in total. The lowest BCUT2D eigenvalue weighted by Crippen LogP contribution is -2.61. The number of fused-ring (bicyclic) bond motifs is 3. The highest BCUT2D eigenvalue weighted by Gasteiger charge is 2.45. The van der Waals surface area contributed by atoms with Gasteiger partial charge in [0, 0.05) is 55.5 Å². The maximum Gasteiger partial charge on any atom is 0.396 e. The van der Waals surface area contributed by atoms with Crippen LogP contribution in [0.15, 0.2) is 47.3 Å². The number of nitrogens with zero attached hydrogens (tertiary/aromatic N) is 4. The first-order valence-electron chi connectivity index (χ1n) is 20.9. The predicted molar refractivity (Wildman–Crippen MR) is 222 cm³/mol. The van der Waals surface area contributed by atoms with Crippen molar-refractivity contribution in [1.82, 2.24) is 34.6 Å². The second-order valence-corrected chi connectivity index (χ2v) is 18.7. The Hall–Kier alpha value is -5.91. The first-order chi connectivity index (χ1) is 29.5. The molecule has 4 atom stereocenters. The zero-order chi connectivity index (χ0) is 44.2. The van der Waals surface area contributed by atoms with Crippen molar-refractivity contribution in [2.75, 3.05) is 13.1 Å². The van der Waals surface area contributed by atoms with Crippen LogP contribution in [0.25, 0.3) is 21.9 Å². The molecule has 8 rings (SSSR count). The van der Waals surface area contributed by atoms with Gasteiger partial charge in [0.05, 0.1) is 11.0 Å². The number of carbonyl (C=O) groups is 7. The van der Waals surface area contributed by atoms with Crippen LogP contribution < -0.4 is 22.1 Å². The molecule has 20 heteroatoms. The lowest BCUT2D eigenvalue weighted by Gasteiger charge is -2.39. The van der Waals surface area contributed by atoms with E-state index in [0.717, 1.165) is 37.7 Å². The third-order valence-electron chi connectivity index (χ3n) is 13.2. The van der Waals surface area contributed by atoms with Crippen LogP contribution in [-0.4, -0.2) is 106 Å². The van der Waals surface area contributed by atoms with Crippen LogP contribution in [0.1, 0.15) is 96.7 Å². The van der Waals surface area contributed by atoms with E-state index in [9.17, 15) is 52.7 Å². The summed E-state index contributed by atoms with van der Waals surface area (Å²) in [6.45, 7) is 0.171. The fourth-order valence-electron chi connectivity index (χ4n) is 9.89. The molecule has 0 spiro atoms. The van der Waals surface area contributed by atoms with Crippen LogP contribution in [0, 0.1) is 11.8 Å². The highest BCUT2D eigenvalue weighted by molar-refractivity contribution is 7.70. The number of hydrogen-bond donors (Lipinski definition) is 6. The zero-order valence-corrected chi connectivity index (χ0v) is 35.0. The number of nitrogens with two attached hydrogens (primary N) is 1. The fourth-order valence-corrected chi connectivity index (χ4v) is 10.4. The molecule has 3 aliphatic heterocycles. The minimum Gasteiger partial charge on any atom is -0.368 e. The van der Waals surface area contributed by atoms with Crippen LogP contribution in [0.2, 0.25) is 0 Å². The predicted octanol–water partition coefficient (Wildman–Crippen LogP) is 1.73. The quantitative estimate of drug-likeness (QED) is 0.0986. The number of primary amides is 1. The number of benzene rings is 2. The van der Waals surface area contributed by atoms with Crippen molar-refractivity contribution in [3.8, 4) is 0 Å². The minimum absolute atomic E-state index is 0.00398. The highest BCUT2D eigenvalue weighted by atomic mass is 31.2. The van der Waals surface area contributed by atoms with Gasteiger partial charge in [-0.3, -0.25) is 52.6 Å². The summed E-state index contributed by atoms with van der Waals surface area (Å²) in [5.41, 5.74) is 6.58. The molecule has 328 valence electrons. The molecule has 4 aromatic rings. The molecule has 1 unspecified atom stereocenters. The molecule has 4 aliphatic rings. The van der Waals surface area contributed by atoms with Gasteiger partial charge in [-0.25, -0.2) is 4.79 Å². The van der Waals surface area contributed by atoms with Crippen LogP contribution in [0.4, 0.5) is 0 Å². The van der Waals surface area contributed by atoms with Gasteiger partial charge in [-0.2, -0.15) is 0 Å². The van der Waals surface area contributed by atoms with E-state index in [1.165, 1.54) is 38.3 Å². The number of imidazole rings is 1. The number of rotatable bonds is 10. The van der Waals surface area contributed by atoms with E-state index in [2.05, 4.69) is 15.6 Å². The zero-order valence-electron chi connectivity index (χ0n) is 34.1. The molecule has 62 heavy (non-hydrogen) atoms. The van der Waals surface area contributed by atoms with Gasteiger partial charge in [0.2, 0.25) is 29.5 Å². The fraction of sp³-hybridized carbons (Fsp3) is 0.476. The first-order valence-corrected chi connectivity index (χ1v) is 22.5. The molecular weight excluding hydrogens is 823 g/mol. The van der Waals surface area contributed by atoms with Gasteiger partial charge in [-0.15, -0.1) is 0 Å². The normalized spacial score (nSPS) is 24.7. The van der Waals surface area contributed by atoms with Crippen molar-refractivity contribution in [1.29, 1.82) is 0 Å². The largest absolute Gasteiger partial charge is 0.396 e. The Labute approximate surface area is 354 Å². The number of imide groups is 1. The summed E-state index contributed by atoms with van der Waals surface area (Å²) >= 11 is 0. The number of aromatic nitrogens is 3. The summed E-state index contributed by atoms with van der Waals surface area (Å²) in [6.07, 6.45) is 6.17. The second-order valence-electron chi connectivity index (χ2n) is 17.2. The first kappa shape index (κ1) is 42.8. The summed E-state index contributed by atoms with van der Waals surface area (Å²) in [5.74, 6) is -2.40. The van der Waals surface area contributed by atoms with E-state index in [1.54, 1.807) is 11.9 Å². The van der Waals surface area contributed by atoms with Gasteiger partial charge in [0.15, 0.2) is 0 Å². The van der Waals surface area contributed by atoms with Gasteiger partial charge in [-0.1, -0.05) is 6.07 Å². The molecule has 2 aromatic heterocycles. The van der Waals surface area contributed by atoms with E-state index < -0.39 is 54.9 Å². The Morgan fingerprint density at radius 3 is 2.34 bits per heavy atom. The van der Waals surface area contributed by atoms with Gasteiger partial charge in [-0.05, 0) is 112 Å². The number of aryl methyl sites for hydroxylation is 1. The van der Waals surface area contributed by atoms with Gasteiger partial charge < -0.3 is 35.6 Å². The molecule has 3 saturated heterocycles. The van der Waals surface area contributed by atoms with Crippen molar-refractivity contribution in [2.45, 2.75) is 94.8 Å². The minimum atomic E-state index is -5.05. The third-order valence-corrected chi connectivity index (χ3v) is 14.0. The highest BCUT2D eigenvalue weighted by Crippen LogP contribution is 2.40. The van der Waals surface area contributed by atoms with Crippen LogP contribution >= 0.6 is 7.60 Å². The van der Waals surface area contributed by atoms with Crippen LogP contribution in [0.3, 0.4) is 0 Å². The number of aromatic amines is 1. The van der Waals surface area contributed by atoms with E-state index in [0.29, 0.717) is 53.7 Å². The Bertz CT molecular complexity index is 2640. The average Bonchev–Trinajstić information content (AvgIpc) is 3.92. The van der Waals surface area contributed by atoms with Crippen molar-refractivity contribution >= 4 is 70.5 Å². The Morgan fingerprint density at radius 1 is 0.887 bits per heavy atom. The lowest BCUT2D eigenvalue weighted by atomic mass is 9.78. The topological polar surface area (TPSA) is 276 Å². The molecular formula is C42H49N8O11P. The molecule has 6 amide bonds. The lowest BCUT2D eigenvalue weighted by molar-refractivity contribution is -0.144. The van der Waals surface area contributed by atoms with Gasteiger partial charge >= 0.3 is 13.3 Å². The molecule has 2 aromatic carbocycles. The second kappa shape index (κ2) is 16.8. The van der Waals surface area contributed by atoms with E-state index in [1.807, 2.05) is 18.2 Å². The SMILES string of the molecule is Cn1c(=O)n(C2CCC(=O)NC2=O)c2ccc(CC3CCC(CC(=O)N4CC[C@H]5CC[C@@H](C(N)=O)N5C(=O)[C@@H](NC(=O)c5cc6cc(C(=O)P(=O)(O)O)ccc6[nH]5)C4)CC3)cc21. The monoisotopic (exact) mass is 872 g/mol. The molecule has 5 heterocycles. The molecule has 0 bridgehead atoms. The number of piperidine rings is 1. The van der Waals surface area contributed by atoms with Crippen LogP contribution in [0.5, 0.6) is 0 Å². The third kappa shape index (κ3) is 8.35. The van der Waals surface area contributed by atoms with E-state index in [4.69, 9.17) is 5.73 Å². The van der Waals surface area contributed by atoms with Crippen molar-refractivity contribution in [2.24, 2.45) is 24.6 Å². The number of hydrogen-bond acceptors (Lipinski definition) is 9. The van der Waals surface area contributed by atoms with Gasteiger partial charge in [0.25, 0.3) is 11.4 Å². The maximum atomic E-state index is 14.2. The van der Waals surface area contributed by atoms with E-state index >= 15 is 0 Å². The molecule has 19 nitrogen and oxygen atoms in total. The number of carbonyl (C=O) groups excluding carboxylic acids is 7. The van der Waals surface area contributed by atoms with Crippen molar-refractivity contribution in [3.63, 3.8) is 0 Å². The molecule has 1 saturated carbocycles.